The zero-order chi connectivity index (χ0) is 31.0. The molecule has 0 aliphatic carbocycles. The molecule has 2 aliphatic heterocycles. The molecule has 6 rings (SSSR count). The highest BCUT2D eigenvalue weighted by Crippen LogP contribution is 2.33. The largest absolute Gasteiger partial charge is 0.508 e. The number of carbonyl (C=O) groups excluding carboxylic acids is 3. The number of hydrogen-bond donors (Lipinski definition) is 2. The van der Waals surface area contributed by atoms with Crippen molar-refractivity contribution in [2.45, 2.75) is 31.7 Å². The molecule has 3 heterocycles. The summed E-state index contributed by atoms with van der Waals surface area (Å²) in [5, 5.41) is 16.8. The third-order valence-electron chi connectivity index (χ3n) is 8.13. The van der Waals surface area contributed by atoms with E-state index in [1.54, 1.807) is 57.5 Å². The molecule has 4 amide bonds. The van der Waals surface area contributed by atoms with Crippen LogP contribution in [0.4, 0.5) is 9.93 Å². The molecule has 0 spiro atoms. The Bertz CT molecular complexity index is 1680. The maximum absolute atomic E-state index is 14.2. The number of benzene rings is 3. The van der Waals surface area contributed by atoms with Gasteiger partial charge in [0.25, 0.3) is 0 Å². The van der Waals surface area contributed by atoms with Crippen molar-refractivity contribution in [3.05, 3.63) is 89.5 Å². The third kappa shape index (κ3) is 5.78. The molecule has 12 heteroatoms. The molecule has 2 aliphatic rings. The maximum atomic E-state index is 14.2. The highest BCUT2D eigenvalue weighted by atomic mass is 32.1. The molecule has 3 aromatic carbocycles. The van der Waals surface area contributed by atoms with E-state index < -0.39 is 12.2 Å². The first-order valence-corrected chi connectivity index (χ1v) is 15.3. The summed E-state index contributed by atoms with van der Waals surface area (Å²) < 4.78 is 1.03. The van der Waals surface area contributed by atoms with E-state index in [9.17, 15) is 19.5 Å². The molecular formula is C32H35N7O4S. The van der Waals surface area contributed by atoms with Gasteiger partial charge in [-0.05, 0) is 34.9 Å². The number of para-hydroxylation sites is 1. The summed E-state index contributed by atoms with van der Waals surface area (Å²) in [4.78, 5) is 51.1. The van der Waals surface area contributed by atoms with E-state index >= 15 is 0 Å². The van der Waals surface area contributed by atoms with Crippen LogP contribution in [0.25, 0.3) is 10.2 Å². The molecule has 44 heavy (non-hydrogen) atoms. The van der Waals surface area contributed by atoms with Gasteiger partial charge in [0.15, 0.2) is 5.13 Å². The van der Waals surface area contributed by atoms with Crippen LogP contribution in [0.15, 0.2) is 72.8 Å². The van der Waals surface area contributed by atoms with Gasteiger partial charge in [-0.1, -0.05) is 65.9 Å². The van der Waals surface area contributed by atoms with Crippen molar-refractivity contribution in [2.24, 2.45) is 0 Å². The van der Waals surface area contributed by atoms with Crippen LogP contribution in [-0.2, 0) is 29.1 Å². The van der Waals surface area contributed by atoms with E-state index in [-0.39, 0.29) is 43.1 Å². The minimum absolute atomic E-state index is 0.0268. The molecule has 0 saturated carbocycles. The summed E-state index contributed by atoms with van der Waals surface area (Å²) in [6.07, 6.45) is -0.261. The fraction of sp³-hybridized carbons (Fsp3) is 0.312. The Kier molecular flexibility index (Phi) is 8.11. The van der Waals surface area contributed by atoms with Crippen molar-refractivity contribution in [1.29, 1.82) is 0 Å². The number of carbonyl (C=O) groups is 3. The highest BCUT2D eigenvalue weighted by molar-refractivity contribution is 7.22. The lowest BCUT2D eigenvalue weighted by Crippen LogP contribution is -2.65. The number of piperazine rings is 1. The summed E-state index contributed by atoms with van der Waals surface area (Å²) >= 11 is 1.59. The predicted octanol–water partition coefficient (Wildman–Crippen LogP) is 3.25. The van der Waals surface area contributed by atoms with E-state index in [0.717, 1.165) is 32.0 Å². The van der Waals surface area contributed by atoms with Crippen LogP contribution in [0.5, 0.6) is 5.75 Å². The van der Waals surface area contributed by atoms with Gasteiger partial charge in [-0.2, -0.15) is 5.01 Å². The number of aromatic hydroxyl groups is 1. The first kappa shape index (κ1) is 29.4. The minimum Gasteiger partial charge on any atom is -0.508 e. The molecule has 228 valence electrons. The standard InChI is InChI=1S/C32H35N7O4S/c1-35(2)32-34-29-23(10-7-11-26(29)44-32)18-37-19-27-38(36(3)31(43)33-17-22-8-5-4-6-9-22)20-28(41)39(27)25(30(37)42)16-21-12-14-24(40)15-13-21/h4-15,25,27,40H,16-20H2,1-3H3,(H,33,43)/t25-,27+/m0/s1. The number of fused-ring (bicyclic) bond motifs is 2. The normalized spacial score (nSPS) is 18.5. The Balaban J connectivity index is 1.29. The number of phenolic OH excluding ortho intramolecular Hbond substituents is 1. The second-order valence-corrected chi connectivity index (χ2v) is 12.3. The number of urea groups is 1. The van der Waals surface area contributed by atoms with Crippen LogP contribution in [-0.4, -0.2) is 94.2 Å². The van der Waals surface area contributed by atoms with Gasteiger partial charge < -0.3 is 25.1 Å². The summed E-state index contributed by atoms with van der Waals surface area (Å²) in [5.74, 6) is -0.254. The Morgan fingerprint density at radius 3 is 2.48 bits per heavy atom. The topological polar surface area (TPSA) is 113 Å². The van der Waals surface area contributed by atoms with Crippen LogP contribution in [0, 0.1) is 0 Å². The monoisotopic (exact) mass is 613 g/mol. The molecule has 11 nitrogen and oxygen atoms in total. The number of phenols is 1. The Morgan fingerprint density at radius 2 is 1.75 bits per heavy atom. The van der Waals surface area contributed by atoms with Gasteiger partial charge >= 0.3 is 6.03 Å². The van der Waals surface area contributed by atoms with Crippen molar-refractivity contribution in [2.75, 3.05) is 39.1 Å². The Labute approximate surface area is 259 Å². The van der Waals surface area contributed by atoms with Crippen LogP contribution in [0.2, 0.25) is 0 Å². The lowest BCUT2D eigenvalue weighted by Gasteiger charge is -2.45. The van der Waals surface area contributed by atoms with Crippen LogP contribution in [0.1, 0.15) is 16.7 Å². The fourth-order valence-electron chi connectivity index (χ4n) is 5.83. The van der Waals surface area contributed by atoms with Crippen molar-refractivity contribution in [3.8, 4) is 5.75 Å². The lowest BCUT2D eigenvalue weighted by atomic mass is 9.99. The number of aromatic nitrogens is 1. The van der Waals surface area contributed by atoms with Crippen molar-refractivity contribution in [1.82, 2.24) is 30.1 Å². The Morgan fingerprint density at radius 1 is 1.00 bits per heavy atom. The number of nitrogens with one attached hydrogen (secondary N) is 1. The number of rotatable bonds is 8. The van der Waals surface area contributed by atoms with Gasteiger partial charge in [-0.15, -0.1) is 0 Å². The molecule has 2 N–H and O–H groups in total. The first-order chi connectivity index (χ1) is 21.2. The van der Waals surface area contributed by atoms with Crippen molar-refractivity contribution >= 4 is 44.5 Å². The molecule has 2 saturated heterocycles. The van der Waals surface area contributed by atoms with E-state index in [1.807, 2.05) is 67.5 Å². The summed E-state index contributed by atoms with van der Waals surface area (Å²) in [5.41, 5.74) is 3.55. The molecule has 2 atom stereocenters. The number of thiazole rings is 1. The van der Waals surface area contributed by atoms with Gasteiger partial charge in [0.05, 0.1) is 23.3 Å². The van der Waals surface area contributed by atoms with Crippen molar-refractivity contribution < 1.29 is 19.5 Å². The minimum atomic E-state index is -0.774. The van der Waals surface area contributed by atoms with Crippen molar-refractivity contribution in [3.63, 3.8) is 0 Å². The molecular weight excluding hydrogens is 578 g/mol. The lowest BCUT2D eigenvalue weighted by molar-refractivity contribution is -0.157. The smallest absolute Gasteiger partial charge is 0.332 e. The zero-order valence-corrected chi connectivity index (χ0v) is 25.7. The molecule has 2 fully saturated rings. The van der Waals surface area contributed by atoms with E-state index in [4.69, 9.17) is 4.98 Å². The SMILES string of the molecule is CN(C)c1nc2c(CN3C[C@H]4N(C(=O)CN4N(C)C(=O)NCc4ccccc4)[C@@H](Cc4ccc(O)cc4)C3=O)cccc2s1. The molecule has 0 bridgehead atoms. The number of hydrogen-bond acceptors (Lipinski definition) is 8. The van der Waals surface area contributed by atoms with E-state index in [0.29, 0.717) is 13.1 Å². The first-order valence-electron chi connectivity index (χ1n) is 14.4. The molecule has 1 aromatic heterocycles. The second kappa shape index (κ2) is 12.1. The molecule has 4 aromatic rings. The molecule has 0 unspecified atom stereocenters. The molecule has 0 radical (unpaired) electrons. The van der Waals surface area contributed by atoms with Gasteiger partial charge in [-0.25, -0.2) is 9.78 Å². The number of anilines is 1. The average molecular weight is 614 g/mol. The van der Waals surface area contributed by atoms with E-state index in [1.165, 1.54) is 5.01 Å². The van der Waals surface area contributed by atoms with Gasteiger partial charge in [0, 0.05) is 40.7 Å². The summed E-state index contributed by atoms with van der Waals surface area (Å²) in [6, 6.07) is 21.2. The van der Waals surface area contributed by atoms with Gasteiger partial charge in [0.2, 0.25) is 11.8 Å². The predicted molar refractivity (Wildman–Crippen MR) is 169 cm³/mol. The maximum Gasteiger partial charge on any atom is 0.332 e. The average Bonchev–Trinajstić information content (AvgIpc) is 3.61. The number of hydrazine groups is 1. The van der Waals surface area contributed by atoms with Crippen LogP contribution in [0.3, 0.4) is 0 Å². The van der Waals surface area contributed by atoms with Gasteiger partial charge in [0.1, 0.15) is 18.0 Å². The number of nitrogens with zero attached hydrogens (tertiary/aromatic N) is 6. The fourth-order valence-corrected chi connectivity index (χ4v) is 6.76. The quantitative estimate of drug-likeness (QED) is 0.314. The zero-order valence-electron chi connectivity index (χ0n) is 24.9. The second-order valence-electron chi connectivity index (χ2n) is 11.3. The van der Waals surface area contributed by atoms with Crippen LogP contribution < -0.4 is 10.2 Å². The number of amides is 4. The van der Waals surface area contributed by atoms with Gasteiger partial charge in [-0.3, -0.25) is 14.6 Å². The van der Waals surface area contributed by atoms with E-state index in [2.05, 4.69) is 5.32 Å². The third-order valence-corrected chi connectivity index (χ3v) is 9.32. The summed E-state index contributed by atoms with van der Waals surface area (Å²) in [7, 11) is 5.55. The Hall–Kier alpha value is -4.68. The highest BCUT2D eigenvalue weighted by Gasteiger charge is 2.51. The summed E-state index contributed by atoms with van der Waals surface area (Å²) in [6.45, 7) is 0.866. The van der Waals surface area contributed by atoms with Crippen LogP contribution >= 0.6 is 11.3 Å².